The molecule has 4 nitrogen and oxygen atoms in total. The molecule has 0 radical (unpaired) electrons. The maximum atomic E-state index is 8.90. The number of nitrogens with one attached hydrogen (secondary N) is 1. The molecule has 1 rings (SSSR count). The summed E-state index contributed by atoms with van der Waals surface area (Å²) in [6, 6.07) is 6.69. The number of hydrogen-bond donors (Lipinski definition) is 1. The van der Waals surface area contributed by atoms with Crippen LogP contribution in [0.4, 0.5) is 5.69 Å². The SMILES string of the molecule is CCNC(C)c1ccc(N(CC)CC(C)C#N)cn1. The highest BCUT2D eigenvalue weighted by molar-refractivity contribution is 5.44. The molecule has 0 aliphatic heterocycles. The molecule has 4 heteroatoms. The minimum atomic E-state index is 0.0281. The Kier molecular flexibility index (Phi) is 6.31. The lowest BCUT2D eigenvalue weighted by molar-refractivity contribution is 0.583. The van der Waals surface area contributed by atoms with E-state index >= 15 is 0 Å². The van der Waals surface area contributed by atoms with Crippen molar-refractivity contribution in [1.29, 1.82) is 5.26 Å². The average Bonchev–Trinajstić information content (AvgIpc) is 2.45. The topological polar surface area (TPSA) is 52.0 Å². The van der Waals surface area contributed by atoms with Crippen LogP contribution in [0.5, 0.6) is 0 Å². The van der Waals surface area contributed by atoms with E-state index < -0.39 is 0 Å². The molecule has 0 fully saturated rings. The van der Waals surface area contributed by atoms with Crippen molar-refractivity contribution in [3.8, 4) is 6.07 Å². The molecule has 0 spiro atoms. The van der Waals surface area contributed by atoms with Crippen LogP contribution >= 0.6 is 0 Å². The van der Waals surface area contributed by atoms with Gasteiger partial charge in [0.2, 0.25) is 0 Å². The van der Waals surface area contributed by atoms with Crippen molar-refractivity contribution in [2.75, 3.05) is 24.5 Å². The summed E-state index contributed by atoms with van der Waals surface area (Å²) in [5.41, 5.74) is 2.13. The van der Waals surface area contributed by atoms with Crippen molar-refractivity contribution < 1.29 is 0 Å². The van der Waals surface area contributed by atoms with Gasteiger partial charge in [0.25, 0.3) is 0 Å². The maximum Gasteiger partial charge on any atom is 0.0671 e. The van der Waals surface area contributed by atoms with Crippen molar-refractivity contribution in [2.45, 2.75) is 33.7 Å². The summed E-state index contributed by atoms with van der Waals surface area (Å²) in [7, 11) is 0. The van der Waals surface area contributed by atoms with E-state index in [0.29, 0.717) is 0 Å². The molecule has 0 aromatic carbocycles. The number of nitriles is 1. The second-order valence-electron chi connectivity index (χ2n) is 4.79. The summed E-state index contributed by atoms with van der Waals surface area (Å²) in [5.74, 6) is 0.0281. The summed E-state index contributed by atoms with van der Waals surface area (Å²) >= 11 is 0. The number of nitrogens with zero attached hydrogens (tertiary/aromatic N) is 3. The van der Waals surface area contributed by atoms with Crippen LogP contribution in [0.25, 0.3) is 0 Å². The third-order valence-corrected chi connectivity index (χ3v) is 3.19. The number of aromatic nitrogens is 1. The summed E-state index contributed by atoms with van der Waals surface area (Å²) in [6.45, 7) is 10.8. The normalized spacial score (nSPS) is 13.6. The van der Waals surface area contributed by atoms with Gasteiger partial charge in [-0.15, -0.1) is 0 Å². The summed E-state index contributed by atoms with van der Waals surface area (Å²) in [6.07, 6.45) is 1.90. The lowest BCUT2D eigenvalue weighted by Gasteiger charge is -2.24. The van der Waals surface area contributed by atoms with E-state index in [1.165, 1.54) is 0 Å². The van der Waals surface area contributed by atoms with E-state index in [1.54, 1.807) is 0 Å². The van der Waals surface area contributed by atoms with Crippen molar-refractivity contribution in [2.24, 2.45) is 5.92 Å². The van der Waals surface area contributed by atoms with Crippen LogP contribution in [0.3, 0.4) is 0 Å². The van der Waals surface area contributed by atoms with Crippen LogP contribution < -0.4 is 10.2 Å². The smallest absolute Gasteiger partial charge is 0.0671 e. The van der Waals surface area contributed by atoms with Crippen LogP contribution in [0, 0.1) is 17.2 Å². The molecule has 104 valence electrons. The Morgan fingerprint density at radius 1 is 1.37 bits per heavy atom. The Labute approximate surface area is 116 Å². The van der Waals surface area contributed by atoms with E-state index in [1.807, 2.05) is 13.1 Å². The zero-order valence-electron chi connectivity index (χ0n) is 12.3. The van der Waals surface area contributed by atoms with Gasteiger partial charge in [-0.2, -0.15) is 5.26 Å². The van der Waals surface area contributed by atoms with E-state index in [0.717, 1.165) is 31.0 Å². The second-order valence-corrected chi connectivity index (χ2v) is 4.79. The molecular weight excluding hydrogens is 236 g/mol. The first-order valence-electron chi connectivity index (χ1n) is 6.96. The summed E-state index contributed by atoms with van der Waals surface area (Å²) < 4.78 is 0. The fourth-order valence-corrected chi connectivity index (χ4v) is 2.04. The summed E-state index contributed by atoms with van der Waals surface area (Å²) in [4.78, 5) is 6.70. The molecule has 0 aliphatic rings. The zero-order valence-corrected chi connectivity index (χ0v) is 12.3. The van der Waals surface area contributed by atoms with Gasteiger partial charge in [-0.05, 0) is 39.4 Å². The lowest BCUT2D eigenvalue weighted by Crippen LogP contribution is -2.28. The van der Waals surface area contributed by atoms with Gasteiger partial charge in [0.05, 0.1) is 29.6 Å². The highest BCUT2D eigenvalue weighted by Crippen LogP contribution is 2.17. The number of rotatable bonds is 7. The van der Waals surface area contributed by atoms with Gasteiger partial charge in [-0.3, -0.25) is 4.98 Å². The average molecular weight is 260 g/mol. The zero-order chi connectivity index (χ0) is 14.3. The van der Waals surface area contributed by atoms with Crippen molar-refractivity contribution >= 4 is 5.69 Å². The molecule has 0 saturated heterocycles. The van der Waals surface area contributed by atoms with Crippen LogP contribution in [0.1, 0.15) is 39.4 Å². The standard InChI is InChI=1S/C15H24N4/c1-5-17-13(4)15-8-7-14(10-18-15)19(6-2)11-12(3)9-16/h7-8,10,12-13,17H,5-6,11H2,1-4H3. The Morgan fingerprint density at radius 3 is 2.58 bits per heavy atom. The molecule has 2 unspecified atom stereocenters. The van der Waals surface area contributed by atoms with Crippen LogP contribution in [0.2, 0.25) is 0 Å². The van der Waals surface area contributed by atoms with Crippen LogP contribution in [-0.2, 0) is 0 Å². The maximum absolute atomic E-state index is 8.90. The monoisotopic (exact) mass is 260 g/mol. The first-order chi connectivity index (χ1) is 9.12. The highest BCUT2D eigenvalue weighted by atomic mass is 15.1. The molecular formula is C15H24N4. The molecule has 0 bridgehead atoms. The highest BCUT2D eigenvalue weighted by Gasteiger charge is 2.10. The van der Waals surface area contributed by atoms with E-state index in [4.69, 9.17) is 5.26 Å². The number of hydrogen-bond acceptors (Lipinski definition) is 4. The van der Waals surface area contributed by atoms with Gasteiger partial charge in [-0.25, -0.2) is 0 Å². The molecule has 1 aromatic rings. The minimum absolute atomic E-state index is 0.0281. The molecule has 1 N–H and O–H groups in total. The van der Waals surface area contributed by atoms with E-state index in [-0.39, 0.29) is 12.0 Å². The minimum Gasteiger partial charge on any atom is -0.369 e. The predicted octanol–water partition coefficient (Wildman–Crippen LogP) is 2.74. The van der Waals surface area contributed by atoms with Crippen molar-refractivity contribution in [1.82, 2.24) is 10.3 Å². The largest absolute Gasteiger partial charge is 0.369 e. The number of anilines is 1. The van der Waals surface area contributed by atoms with Crippen LogP contribution in [0.15, 0.2) is 18.3 Å². The molecule has 1 aromatic heterocycles. The molecule has 1 heterocycles. The van der Waals surface area contributed by atoms with Crippen molar-refractivity contribution in [3.05, 3.63) is 24.0 Å². The molecule has 0 amide bonds. The fraction of sp³-hybridized carbons (Fsp3) is 0.600. The van der Waals surface area contributed by atoms with Gasteiger partial charge in [0.1, 0.15) is 0 Å². The molecule has 2 atom stereocenters. The summed E-state index contributed by atoms with van der Waals surface area (Å²) in [5, 5.41) is 12.2. The Morgan fingerprint density at radius 2 is 2.11 bits per heavy atom. The van der Waals surface area contributed by atoms with Gasteiger partial charge in [0.15, 0.2) is 0 Å². The van der Waals surface area contributed by atoms with Gasteiger partial charge in [-0.1, -0.05) is 6.92 Å². The third kappa shape index (κ3) is 4.53. The van der Waals surface area contributed by atoms with Gasteiger partial charge >= 0.3 is 0 Å². The van der Waals surface area contributed by atoms with Gasteiger partial charge < -0.3 is 10.2 Å². The second kappa shape index (κ2) is 7.75. The third-order valence-electron chi connectivity index (χ3n) is 3.19. The Balaban J connectivity index is 2.76. The van der Waals surface area contributed by atoms with E-state index in [2.05, 4.69) is 54.2 Å². The number of pyridine rings is 1. The molecule has 0 aliphatic carbocycles. The van der Waals surface area contributed by atoms with E-state index in [9.17, 15) is 0 Å². The molecule has 19 heavy (non-hydrogen) atoms. The Hall–Kier alpha value is -1.60. The molecule has 0 saturated carbocycles. The predicted molar refractivity (Wildman–Crippen MR) is 79.0 cm³/mol. The first-order valence-corrected chi connectivity index (χ1v) is 6.96. The van der Waals surface area contributed by atoms with Crippen molar-refractivity contribution in [3.63, 3.8) is 0 Å². The fourth-order valence-electron chi connectivity index (χ4n) is 2.04. The van der Waals surface area contributed by atoms with Crippen LogP contribution in [-0.4, -0.2) is 24.6 Å². The first kappa shape index (κ1) is 15.5. The Bertz CT molecular complexity index is 407. The quantitative estimate of drug-likeness (QED) is 0.819. The lowest BCUT2D eigenvalue weighted by atomic mass is 10.1. The van der Waals surface area contributed by atoms with Gasteiger partial charge in [0, 0.05) is 19.1 Å².